The van der Waals surface area contributed by atoms with E-state index in [1.807, 2.05) is 4.90 Å². The van der Waals surface area contributed by atoms with Gasteiger partial charge in [-0.15, -0.1) is 0 Å². The van der Waals surface area contributed by atoms with Gasteiger partial charge in [0, 0.05) is 19.7 Å². The summed E-state index contributed by atoms with van der Waals surface area (Å²) in [5.74, 6) is -0.220. The molecule has 0 aliphatic carbocycles. The molecule has 1 heterocycles. The summed E-state index contributed by atoms with van der Waals surface area (Å²) in [7, 11) is 3.14. The van der Waals surface area contributed by atoms with Gasteiger partial charge in [0.2, 0.25) is 0 Å². The number of nitro groups is 1. The Balaban J connectivity index is 2.24. The monoisotopic (exact) mass is 297 g/mol. The van der Waals surface area contributed by atoms with Gasteiger partial charge in [0.05, 0.1) is 18.1 Å². The van der Waals surface area contributed by atoms with E-state index in [-0.39, 0.29) is 11.4 Å². The van der Waals surface area contributed by atoms with Crippen LogP contribution in [0.15, 0.2) is 12.1 Å². The van der Waals surface area contributed by atoms with Gasteiger partial charge in [-0.25, -0.2) is 4.39 Å². The molecule has 0 amide bonds. The summed E-state index contributed by atoms with van der Waals surface area (Å²) < 4.78 is 18.6. The summed E-state index contributed by atoms with van der Waals surface area (Å²) in [5.41, 5.74) is 0.154. The van der Waals surface area contributed by atoms with Crippen molar-refractivity contribution in [3.63, 3.8) is 0 Å². The molecule has 1 aromatic carbocycles. The Morgan fingerprint density at radius 3 is 2.71 bits per heavy atom. The number of rotatable bonds is 5. The molecule has 1 aliphatic rings. The molecule has 7 heteroatoms. The number of halogens is 1. The highest BCUT2D eigenvalue weighted by Crippen LogP contribution is 2.34. The van der Waals surface area contributed by atoms with Crippen LogP contribution < -0.4 is 15.0 Å². The van der Waals surface area contributed by atoms with Gasteiger partial charge >= 0.3 is 0 Å². The van der Waals surface area contributed by atoms with E-state index in [9.17, 15) is 14.5 Å². The van der Waals surface area contributed by atoms with Crippen LogP contribution in [-0.4, -0.2) is 38.7 Å². The standard InChI is InChI=1S/C14H20FN3O3/c1-17(9-10-3-5-16-6-4-10)12-8-14(21-2)11(15)7-13(12)18(19)20/h7-8,10,16H,3-6,9H2,1-2H3. The number of methoxy groups -OCH3 is 1. The van der Waals surface area contributed by atoms with E-state index in [2.05, 4.69) is 5.32 Å². The normalized spacial score (nSPS) is 15.8. The second-order valence-corrected chi connectivity index (χ2v) is 5.31. The van der Waals surface area contributed by atoms with Crippen LogP contribution in [0.2, 0.25) is 0 Å². The van der Waals surface area contributed by atoms with Crippen LogP contribution in [0.5, 0.6) is 5.75 Å². The van der Waals surface area contributed by atoms with E-state index in [4.69, 9.17) is 4.74 Å². The first-order valence-corrected chi connectivity index (χ1v) is 6.96. The third-order valence-electron chi connectivity index (χ3n) is 3.85. The molecule has 1 saturated heterocycles. The Labute approximate surface area is 123 Å². The van der Waals surface area contributed by atoms with Crippen LogP contribution >= 0.6 is 0 Å². The molecule has 0 aromatic heterocycles. The molecule has 0 atom stereocenters. The first-order chi connectivity index (χ1) is 10.0. The van der Waals surface area contributed by atoms with Crippen LogP contribution in [-0.2, 0) is 0 Å². The fourth-order valence-corrected chi connectivity index (χ4v) is 2.69. The molecule has 21 heavy (non-hydrogen) atoms. The lowest BCUT2D eigenvalue weighted by atomic mass is 9.97. The van der Waals surface area contributed by atoms with E-state index in [0.29, 0.717) is 18.2 Å². The zero-order valence-electron chi connectivity index (χ0n) is 12.3. The third-order valence-corrected chi connectivity index (χ3v) is 3.85. The van der Waals surface area contributed by atoms with Crippen molar-refractivity contribution in [1.29, 1.82) is 0 Å². The third kappa shape index (κ3) is 3.60. The summed E-state index contributed by atoms with van der Waals surface area (Å²) in [6.07, 6.45) is 2.08. The minimum Gasteiger partial charge on any atom is -0.494 e. The first-order valence-electron chi connectivity index (χ1n) is 6.96. The fourth-order valence-electron chi connectivity index (χ4n) is 2.69. The van der Waals surface area contributed by atoms with Crippen molar-refractivity contribution in [1.82, 2.24) is 5.32 Å². The van der Waals surface area contributed by atoms with Gasteiger partial charge in [-0.3, -0.25) is 10.1 Å². The number of anilines is 1. The molecular weight excluding hydrogens is 277 g/mol. The highest BCUT2D eigenvalue weighted by Gasteiger charge is 2.24. The van der Waals surface area contributed by atoms with Crippen molar-refractivity contribution in [3.05, 3.63) is 28.1 Å². The molecule has 1 aromatic rings. The Bertz CT molecular complexity index is 518. The molecule has 1 aliphatic heterocycles. The summed E-state index contributed by atoms with van der Waals surface area (Å²) in [6, 6.07) is 2.32. The lowest BCUT2D eigenvalue weighted by Crippen LogP contribution is -2.34. The number of ether oxygens (including phenoxy) is 1. The Kier molecular flexibility index (Phi) is 4.95. The van der Waals surface area contributed by atoms with Crippen LogP contribution in [0.25, 0.3) is 0 Å². The molecule has 0 spiro atoms. The molecule has 0 unspecified atom stereocenters. The van der Waals surface area contributed by atoms with Gasteiger partial charge in [0.25, 0.3) is 5.69 Å². The van der Waals surface area contributed by atoms with Crippen molar-refractivity contribution in [3.8, 4) is 5.75 Å². The number of benzene rings is 1. The Hall–Kier alpha value is -1.89. The molecule has 0 saturated carbocycles. The predicted molar refractivity (Wildman–Crippen MR) is 78.5 cm³/mol. The van der Waals surface area contributed by atoms with E-state index in [1.165, 1.54) is 13.2 Å². The summed E-state index contributed by atoms with van der Waals surface area (Å²) in [5, 5.41) is 14.4. The summed E-state index contributed by atoms with van der Waals surface area (Å²) in [6.45, 7) is 2.64. The second-order valence-electron chi connectivity index (χ2n) is 5.31. The zero-order valence-corrected chi connectivity index (χ0v) is 12.3. The van der Waals surface area contributed by atoms with Crippen molar-refractivity contribution in [2.24, 2.45) is 5.92 Å². The number of nitrogens with one attached hydrogen (secondary N) is 1. The molecular formula is C14H20FN3O3. The first kappa shape index (κ1) is 15.5. The maximum atomic E-state index is 13.7. The lowest BCUT2D eigenvalue weighted by molar-refractivity contribution is -0.384. The average Bonchev–Trinajstić information content (AvgIpc) is 2.47. The van der Waals surface area contributed by atoms with Gasteiger partial charge in [0.15, 0.2) is 11.6 Å². The van der Waals surface area contributed by atoms with Crippen LogP contribution in [0.1, 0.15) is 12.8 Å². The van der Waals surface area contributed by atoms with Gasteiger partial charge in [0.1, 0.15) is 5.69 Å². The van der Waals surface area contributed by atoms with Crippen molar-refractivity contribution < 1.29 is 14.1 Å². The highest BCUT2D eigenvalue weighted by molar-refractivity contribution is 5.66. The van der Waals surface area contributed by atoms with Crippen molar-refractivity contribution >= 4 is 11.4 Å². The Morgan fingerprint density at radius 1 is 1.48 bits per heavy atom. The molecule has 1 N–H and O–H groups in total. The van der Waals surface area contributed by atoms with Gasteiger partial charge < -0.3 is 15.0 Å². The minimum atomic E-state index is -0.719. The SMILES string of the molecule is COc1cc(N(C)CC2CCNCC2)c([N+](=O)[O-])cc1F. The predicted octanol–water partition coefficient (Wildman–Crippen LogP) is 2.18. The van der Waals surface area contributed by atoms with Crippen LogP contribution in [0.3, 0.4) is 0 Å². The molecule has 0 bridgehead atoms. The van der Waals surface area contributed by atoms with Gasteiger partial charge in [-0.05, 0) is 31.8 Å². The zero-order chi connectivity index (χ0) is 15.4. The molecule has 116 valence electrons. The van der Waals surface area contributed by atoms with E-state index < -0.39 is 10.7 Å². The molecule has 6 nitrogen and oxygen atoms in total. The number of nitrogens with zero attached hydrogens (tertiary/aromatic N) is 2. The number of hydrogen-bond donors (Lipinski definition) is 1. The van der Waals surface area contributed by atoms with E-state index >= 15 is 0 Å². The largest absolute Gasteiger partial charge is 0.494 e. The van der Waals surface area contributed by atoms with Gasteiger partial charge in [-0.2, -0.15) is 0 Å². The molecule has 0 radical (unpaired) electrons. The number of piperidine rings is 1. The fraction of sp³-hybridized carbons (Fsp3) is 0.571. The summed E-state index contributed by atoms with van der Waals surface area (Å²) >= 11 is 0. The number of hydrogen-bond acceptors (Lipinski definition) is 5. The topological polar surface area (TPSA) is 67.6 Å². The lowest BCUT2D eigenvalue weighted by Gasteiger charge is -2.28. The maximum absolute atomic E-state index is 13.7. The average molecular weight is 297 g/mol. The second kappa shape index (κ2) is 6.71. The highest BCUT2D eigenvalue weighted by atomic mass is 19.1. The molecule has 1 fully saturated rings. The van der Waals surface area contributed by atoms with Crippen LogP contribution in [0.4, 0.5) is 15.8 Å². The smallest absolute Gasteiger partial charge is 0.295 e. The number of nitro benzene ring substituents is 1. The maximum Gasteiger partial charge on any atom is 0.295 e. The van der Waals surface area contributed by atoms with E-state index in [1.54, 1.807) is 7.05 Å². The minimum absolute atomic E-state index is 0.0211. The van der Waals surface area contributed by atoms with Crippen molar-refractivity contribution in [2.45, 2.75) is 12.8 Å². The van der Waals surface area contributed by atoms with Gasteiger partial charge in [-0.1, -0.05) is 0 Å². The Morgan fingerprint density at radius 2 is 2.14 bits per heavy atom. The molecule has 2 rings (SSSR count). The van der Waals surface area contributed by atoms with E-state index in [0.717, 1.165) is 32.0 Å². The van der Waals surface area contributed by atoms with Crippen molar-refractivity contribution in [2.75, 3.05) is 38.7 Å². The van der Waals surface area contributed by atoms with Crippen LogP contribution in [0, 0.1) is 21.8 Å². The summed E-state index contributed by atoms with van der Waals surface area (Å²) in [4.78, 5) is 12.4. The quantitative estimate of drug-likeness (QED) is 0.666.